The molecular weight excluding hydrogens is 488 g/mol. The molecule has 8 nitrogen and oxygen atoms in total. The zero-order chi connectivity index (χ0) is 24.9. The van der Waals surface area contributed by atoms with E-state index in [1.165, 1.54) is 39.1 Å². The number of hydrogen-bond donors (Lipinski definition) is 0. The minimum absolute atomic E-state index is 0.0205. The normalized spacial score (nSPS) is 16.8. The van der Waals surface area contributed by atoms with E-state index < -0.39 is 20.0 Å². The highest BCUT2D eigenvalue weighted by Gasteiger charge is 2.31. The Hall–Kier alpha value is -2.50. The summed E-state index contributed by atoms with van der Waals surface area (Å²) in [5.41, 5.74) is 0.875. The molecule has 1 aromatic heterocycles. The van der Waals surface area contributed by atoms with Crippen molar-refractivity contribution in [3.63, 3.8) is 0 Å². The highest BCUT2D eigenvalue weighted by Crippen LogP contribution is 2.25. The third-order valence-electron chi connectivity index (χ3n) is 6.00. The quantitative estimate of drug-likeness (QED) is 0.382. The number of furan rings is 1. The van der Waals surface area contributed by atoms with Crippen LogP contribution in [0.4, 0.5) is 0 Å². The summed E-state index contributed by atoms with van der Waals surface area (Å²) >= 11 is 0. The molecule has 0 radical (unpaired) electrons. The molecule has 1 fully saturated rings. The molecule has 0 saturated carbocycles. The van der Waals surface area contributed by atoms with Gasteiger partial charge in [0.05, 0.1) is 28.7 Å². The van der Waals surface area contributed by atoms with Crippen LogP contribution in [0, 0.1) is 0 Å². The van der Waals surface area contributed by atoms with Crippen molar-refractivity contribution in [1.29, 1.82) is 0 Å². The molecule has 4 rings (SSSR count). The van der Waals surface area contributed by atoms with Crippen LogP contribution in [0.1, 0.15) is 31.1 Å². The first kappa shape index (κ1) is 25.6. The highest BCUT2D eigenvalue weighted by molar-refractivity contribution is 7.89. The summed E-state index contributed by atoms with van der Waals surface area (Å²) in [6, 6.07) is 18.2. The van der Waals surface area contributed by atoms with E-state index in [1.54, 1.807) is 19.1 Å². The van der Waals surface area contributed by atoms with Gasteiger partial charge in [0.25, 0.3) is 0 Å². The average molecular weight is 519 g/mol. The molecular formula is C25H30N2O6S2. The van der Waals surface area contributed by atoms with E-state index in [0.29, 0.717) is 12.4 Å². The number of benzene rings is 2. The standard InChI is InChI=1S/C25H30N2O6S2/c1-2-26(18-21-8-4-3-5-9-21)34(28,29)24-12-14-25(15-13-24)35(30,31)27(19-22-10-6-16-32-22)20-23-11-7-17-33-23/h3-6,8-10,12-16,23H,2,7,11,17-20H2,1H3/t23-/m1/s1. The molecule has 1 atom stereocenters. The summed E-state index contributed by atoms with van der Waals surface area (Å²) in [7, 11) is -7.72. The van der Waals surface area contributed by atoms with Crippen molar-refractivity contribution in [2.75, 3.05) is 19.7 Å². The van der Waals surface area contributed by atoms with Gasteiger partial charge in [-0.25, -0.2) is 16.8 Å². The smallest absolute Gasteiger partial charge is 0.243 e. The Balaban J connectivity index is 1.57. The van der Waals surface area contributed by atoms with Crippen molar-refractivity contribution in [2.45, 2.75) is 48.7 Å². The number of sulfonamides is 2. The summed E-state index contributed by atoms with van der Waals surface area (Å²) in [4.78, 5) is 0.0676. The molecule has 35 heavy (non-hydrogen) atoms. The van der Waals surface area contributed by atoms with Crippen molar-refractivity contribution < 1.29 is 26.0 Å². The van der Waals surface area contributed by atoms with Crippen LogP contribution in [0.3, 0.4) is 0 Å². The molecule has 0 spiro atoms. The van der Waals surface area contributed by atoms with Gasteiger partial charge in [-0.05, 0) is 54.8 Å². The van der Waals surface area contributed by atoms with Gasteiger partial charge in [-0.15, -0.1) is 0 Å². The van der Waals surface area contributed by atoms with Crippen molar-refractivity contribution in [3.8, 4) is 0 Å². The minimum Gasteiger partial charge on any atom is -0.468 e. The molecule has 3 aromatic rings. The summed E-state index contributed by atoms with van der Waals surface area (Å²) in [6.07, 6.45) is 3.00. The Morgan fingerprint density at radius 3 is 2.03 bits per heavy atom. The van der Waals surface area contributed by atoms with Crippen molar-refractivity contribution in [2.24, 2.45) is 0 Å². The molecule has 188 valence electrons. The van der Waals surface area contributed by atoms with E-state index in [4.69, 9.17) is 9.15 Å². The third kappa shape index (κ3) is 6.02. The fourth-order valence-electron chi connectivity index (χ4n) is 4.07. The Bertz CT molecular complexity index is 1290. The molecule has 0 aliphatic carbocycles. The van der Waals surface area contributed by atoms with E-state index in [9.17, 15) is 16.8 Å². The molecule has 0 N–H and O–H groups in total. The van der Waals surface area contributed by atoms with Gasteiger partial charge in [-0.1, -0.05) is 37.3 Å². The van der Waals surface area contributed by atoms with E-state index in [0.717, 1.165) is 18.4 Å². The van der Waals surface area contributed by atoms with Gasteiger partial charge < -0.3 is 9.15 Å². The van der Waals surface area contributed by atoms with Crippen LogP contribution in [-0.4, -0.2) is 51.2 Å². The van der Waals surface area contributed by atoms with E-state index in [1.807, 2.05) is 30.3 Å². The van der Waals surface area contributed by atoms with Gasteiger partial charge >= 0.3 is 0 Å². The zero-order valence-corrected chi connectivity index (χ0v) is 21.2. The summed E-state index contributed by atoms with van der Waals surface area (Å²) in [5, 5.41) is 0. The Kier molecular flexibility index (Phi) is 8.08. The first-order valence-corrected chi connectivity index (χ1v) is 14.5. The van der Waals surface area contributed by atoms with E-state index in [-0.39, 0.29) is 42.1 Å². The lowest BCUT2D eigenvalue weighted by Crippen LogP contribution is -2.37. The summed E-state index contributed by atoms with van der Waals surface area (Å²) < 4.78 is 67.2. The zero-order valence-electron chi connectivity index (χ0n) is 19.6. The number of ether oxygens (including phenoxy) is 1. The first-order valence-electron chi connectivity index (χ1n) is 11.6. The molecule has 0 unspecified atom stereocenters. The topological polar surface area (TPSA) is 97.1 Å². The van der Waals surface area contributed by atoms with Crippen LogP contribution in [0.25, 0.3) is 0 Å². The lowest BCUT2D eigenvalue weighted by molar-refractivity contribution is 0.0914. The van der Waals surface area contributed by atoms with Crippen molar-refractivity contribution in [1.82, 2.24) is 8.61 Å². The van der Waals surface area contributed by atoms with Gasteiger partial charge in [0.15, 0.2) is 0 Å². The maximum absolute atomic E-state index is 13.5. The van der Waals surface area contributed by atoms with Gasteiger partial charge in [0.2, 0.25) is 20.0 Å². The van der Waals surface area contributed by atoms with Crippen LogP contribution in [0.15, 0.2) is 87.2 Å². The van der Waals surface area contributed by atoms with Crippen LogP contribution in [0.5, 0.6) is 0 Å². The molecule has 1 aliphatic rings. The minimum atomic E-state index is -3.92. The molecule has 0 bridgehead atoms. The molecule has 1 saturated heterocycles. The van der Waals surface area contributed by atoms with Gasteiger partial charge in [0.1, 0.15) is 5.76 Å². The molecule has 10 heteroatoms. The average Bonchev–Trinajstić information content (AvgIpc) is 3.57. The number of nitrogens with zero attached hydrogens (tertiary/aromatic N) is 2. The third-order valence-corrected chi connectivity index (χ3v) is 9.76. The van der Waals surface area contributed by atoms with Crippen LogP contribution < -0.4 is 0 Å². The predicted octanol–water partition coefficient (Wildman–Crippen LogP) is 3.86. The molecule has 1 aliphatic heterocycles. The van der Waals surface area contributed by atoms with Gasteiger partial charge in [0, 0.05) is 26.2 Å². The van der Waals surface area contributed by atoms with Crippen LogP contribution in [-0.2, 0) is 37.9 Å². The monoisotopic (exact) mass is 518 g/mol. The van der Waals surface area contributed by atoms with Crippen LogP contribution in [0.2, 0.25) is 0 Å². The Morgan fingerprint density at radius 1 is 0.829 bits per heavy atom. The summed E-state index contributed by atoms with van der Waals surface area (Å²) in [5.74, 6) is 0.519. The van der Waals surface area contributed by atoms with Crippen molar-refractivity contribution in [3.05, 3.63) is 84.3 Å². The molecule has 2 aromatic carbocycles. The Morgan fingerprint density at radius 2 is 1.49 bits per heavy atom. The molecule has 0 amide bonds. The lowest BCUT2D eigenvalue weighted by Gasteiger charge is -2.24. The Labute approximate surface area is 207 Å². The second-order valence-corrected chi connectivity index (χ2v) is 12.3. The second-order valence-electron chi connectivity index (χ2n) is 8.40. The maximum atomic E-state index is 13.5. The lowest BCUT2D eigenvalue weighted by atomic mass is 10.2. The van der Waals surface area contributed by atoms with E-state index >= 15 is 0 Å². The largest absolute Gasteiger partial charge is 0.468 e. The second kappa shape index (κ2) is 11.0. The number of hydrogen-bond acceptors (Lipinski definition) is 6. The van der Waals surface area contributed by atoms with E-state index in [2.05, 4.69) is 0 Å². The SMILES string of the molecule is CCN(Cc1ccccc1)S(=O)(=O)c1ccc(S(=O)(=O)N(Cc2ccco2)C[C@H]2CCCO2)cc1. The maximum Gasteiger partial charge on any atom is 0.243 e. The van der Waals surface area contributed by atoms with Gasteiger partial charge in [-0.2, -0.15) is 8.61 Å². The fourth-order valence-corrected chi connectivity index (χ4v) is 6.95. The van der Waals surface area contributed by atoms with Crippen molar-refractivity contribution >= 4 is 20.0 Å². The van der Waals surface area contributed by atoms with Gasteiger partial charge in [-0.3, -0.25) is 0 Å². The number of rotatable bonds is 11. The first-order chi connectivity index (χ1) is 16.8. The van der Waals surface area contributed by atoms with Crippen LogP contribution >= 0.6 is 0 Å². The summed E-state index contributed by atoms with van der Waals surface area (Å²) in [6.45, 7) is 3.17. The molecule has 2 heterocycles. The fraction of sp³-hybridized carbons (Fsp3) is 0.360. The predicted molar refractivity (Wildman–Crippen MR) is 131 cm³/mol. The highest BCUT2D eigenvalue weighted by atomic mass is 32.2.